The third-order valence-corrected chi connectivity index (χ3v) is 3.47. The van der Waals surface area contributed by atoms with Crippen molar-refractivity contribution in [3.63, 3.8) is 0 Å². The molecular weight excluding hydrogens is 276 g/mol. The summed E-state index contributed by atoms with van der Waals surface area (Å²) in [5.74, 6) is 0.447. The fourth-order valence-electron chi connectivity index (χ4n) is 2.39. The molecule has 0 aliphatic rings. The summed E-state index contributed by atoms with van der Waals surface area (Å²) in [4.78, 5) is 3.00. The second kappa shape index (κ2) is 5.55. The van der Waals surface area contributed by atoms with E-state index in [4.69, 9.17) is 4.74 Å². The first kappa shape index (κ1) is 13.6. The first-order chi connectivity index (χ1) is 10.2. The fraction of sp³-hybridized carbons (Fsp3) is 0.267. The molecule has 0 amide bonds. The molecule has 0 aromatic carbocycles. The van der Waals surface area contributed by atoms with Crippen LogP contribution in [0, 0.1) is 0 Å². The minimum absolute atomic E-state index is 0.234. The lowest BCUT2D eigenvalue weighted by Gasteiger charge is -2.07. The van der Waals surface area contributed by atoms with Crippen molar-refractivity contribution >= 4 is 5.52 Å². The van der Waals surface area contributed by atoms with Gasteiger partial charge in [0.15, 0.2) is 0 Å². The van der Waals surface area contributed by atoms with Crippen molar-refractivity contribution in [2.24, 2.45) is 0 Å². The van der Waals surface area contributed by atoms with Gasteiger partial charge in [0.05, 0.1) is 12.6 Å². The lowest BCUT2D eigenvalue weighted by molar-refractivity contribution is 0.145. The largest absolute Gasteiger partial charge is 0.481 e. The Morgan fingerprint density at radius 3 is 2.81 bits per heavy atom. The van der Waals surface area contributed by atoms with Crippen molar-refractivity contribution in [1.82, 2.24) is 14.6 Å². The number of methoxy groups -OCH3 is 1. The van der Waals surface area contributed by atoms with E-state index in [-0.39, 0.29) is 5.69 Å². The van der Waals surface area contributed by atoms with Gasteiger partial charge in [-0.3, -0.25) is 0 Å². The number of aromatic nitrogens is 3. The third kappa shape index (κ3) is 2.61. The smallest absolute Gasteiger partial charge is 0.282 e. The number of nitrogens with zero attached hydrogens (tertiary/aromatic N) is 2. The first-order valence-electron chi connectivity index (χ1n) is 6.64. The average molecular weight is 291 g/mol. The van der Waals surface area contributed by atoms with Crippen molar-refractivity contribution in [2.75, 3.05) is 7.11 Å². The van der Waals surface area contributed by atoms with Crippen molar-refractivity contribution in [3.8, 4) is 5.88 Å². The summed E-state index contributed by atoms with van der Waals surface area (Å²) in [6.07, 6.45) is 2.79. The Morgan fingerprint density at radius 1 is 1.29 bits per heavy atom. The summed E-state index contributed by atoms with van der Waals surface area (Å²) in [5, 5.41) is 3.92. The zero-order chi connectivity index (χ0) is 14.8. The number of aryl methyl sites for hydroxylation is 2. The molecule has 3 rings (SSSR count). The Balaban J connectivity index is 1.98. The van der Waals surface area contributed by atoms with E-state index >= 15 is 0 Å². The van der Waals surface area contributed by atoms with Gasteiger partial charge >= 0.3 is 0 Å². The molecule has 3 heterocycles. The molecule has 0 unspecified atom stereocenters. The Morgan fingerprint density at radius 2 is 2.14 bits per heavy atom. The van der Waals surface area contributed by atoms with E-state index in [0.29, 0.717) is 11.4 Å². The normalized spacial score (nSPS) is 11.4. The number of alkyl halides is 2. The summed E-state index contributed by atoms with van der Waals surface area (Å²) < 4.78 is 32.3. The number of hydrogen-bond acceptors (Lipinski definition) is 2. The Hall–Kier alpha value is -2.37. The lowest BCUT2D eigenvalue weighted by atomic mass is 10.1. The number of fused-ring (bicyclic) bond motifs is 1. The quantitative estimate of drug-likeness (QED) is 0.783. The molecule has 21 heavy (non-hydrogen) atoms. The molecule has 0 saturated carbocycles. The van der Waals surface area contributed by atoms with Crippen LogP contribution >= 0.6 is 0 Å². The van der Waals surface area contributed by atoms with Gasteiger partial charge in [-0.15, -0.1) is 0 Å². The number of aromatic amines is 1. The maximum absolute atomic E-state index is 12.9. The maximum atomic E-state index is 12.9. The van der Waals surface area contributed by atoms with Gasteiger partial charge in [0.1, 0.15) is 5.69 Å². The van der Waals surface area contributed by atoms with Crippen LogP contribution in [0.5, 0.6) is 5.88 Å². The van der Waals surface area contributed by atoms with Crippen molar-refractivity contribution in [3.05, 3.63) is 53.5 Å². The van der Waals surface area contributed by atoms with Crippen molar-refractivity contribution in [2.45, 2.75) is 19.3 Å². The van der Waals surface area contributed by atoms with E-state index in [1.807, 2.05) is 24.5 Å². The van der Waals surface area contributed by atoms with Crippen LogP contribution in [0.25, 0.3) is 5.52 Å². The molecule has 3 aromatic rings. The van der Waals surface area contributed by atoms with Gasteiger partial charge in [0.2, 0.25) is 5.88 Å². The van der Waals surface area contributed by atoms with Crippen LogP contribution in [-0.4, -0.2) is 21.7 Å². The van der Waals surface area contributed by atoms with E-state index in [1.165, 1.54) is 23.3 Å². The number of ether oxygens (including phenoxy) is 1. The predicted molar refractivity (Wildman–Crippen MR) is 74.9 cm³/mol. The second-order valence-electron chi connectivity index (χ2n) is 4.79. The third-order valence-electron chi connectivity index (χ3n) is 3.47. The second-order valence-corrected chi connectivity index (χ2v) is 4.79. The van der Waals surface area contributed by atoms with Gasteiger partial charge in [-0.25, -0.2) is 13.3 Å². The topological polar surface area (TPSA) is 42.3 Å². The van der Waals surface area contributed by atoms with E-state index in [0.717, 1.165) is 18.4 Å². The summed E-state index contributed by atoms with van der Waals surface area (Å²) in [7, 11) is 1.50. The number of hydrogen-bond donors (Lipinski definition) is 1. The molecular formula is C15H15F2N3O. The van der Waals surface area contributed by atoms with Crippen molar-refractivity contribution in [1.29, 1.82) is 0 Å². The molecule has 0 radical (unpaired) electrons. The van der Waals surface area contributed by atoms with Gasteiger partial charge in [-0.1, -0.05) is 6.07 Å². The summed E-state index contributed by atoms with van der Waals surface area (Å²) in [6.45, 7) is 0. The molecule has 0 aliphatic heterocycles. The molecule has 0 fully saturated rings. The van der Waals surface area contributed by atoms with E-state index < -0.39 is 6.43 Å². The van der Waals surface area contributed by atoms with Gasteiger partial charge in [-0.2, -0.15) is 5.10 Å². The van der Waals surface area contributed by atoms with Gasteiger partial charge in [0, 0.05) is 18.5 Å². The van der Waals surface area contributed by atoms with E-state index in [9.17, 15) is 8.78 Å². The SMILES string of the molecule is COc1ccc(CCc2cc[nH]c2)c2cc(C(F)F)nn12. The number of nitrogens with one attached hydrogen (secondary N) is 1. The molecule has 0 aliphatic carbocycles. The van der Waals surface area contributed by atoms with Gasteiger partial charge < -0.3 is 9.72 Å². The van der Waals surface area contributed by atoms with Crippen LogP contribution in [0.3, 0.4) is 0 Å². The minimum Gasteiger partial charge on any atom is -0.481 e. The fourth-order valence-corrected chi connectivity index (χ4v) is 2.39. The zero-order valence-electron chi connectivity index (χ0n) is 11.5. The minimum atomic E-state index is -2.59. The van der Waals surface area contributed by atoms with Gasteiger partial charge in [-0.05, 0) is 36.1 Å². The van der Waals surface area contributed by atoms with Crippen LogP contribution in [0.1, 0.15) is 23.2 Å². The molecule has 4 nitrogen and oxygen atoms in total. The van der Waals surface area contributed by atoms with E-state index in [1.54, 1.807) is 6.07 Å². The highest BCUT2D eigenvalue weighted by atomic mass is 19.3. The molecule has 110 valence electrons. The van der Waals surface area contributed by atoms with Crippen LogP contribution in [0.15, 0.2) is 36.7 Å². The summed E-state index contributed by atoms with van der Waals surface area (Å²) in [6, 6.07) is 7.08. The Labute approximate surface area is 120 Å². The zero-order valence-corrected chi connectivity index (χ0v) is 11.5. The number of H-pyrrole nitrogens is 1. The van der Waals surface area contributed by atoms with Gasteiger partial charge in [0.25, 0.3) is 6.43 Å². The monoisotopic (exact) mass is 291 g/mol. The highest BCUT2D eigenvalue weighted by Crippen LogP contribution is 2.25. The molecule has 0 atom stereocenters. The van der Waals surface area contributed by atoms with Crippen LogP contribution < -0.4 is 4.74 Å². The van der Waals surface area contributed by atoms with Crippen LogP contribution in [-0.2, 0) is 12.8 Å². The predicted octanol–water partition coefficient (Wildman–Crippen LogP) is 3.39. The van der Waals surface area contributed by atoms with E-state index in [2.05, 4.69) is 10.1 Å². The number of rotatable bonds is 5. The van der Waals surface area contributed by atoms with Crippen molar-refractivity contribution < 1.29 is 13.5 Å². The molecule has 0 bridgehead atoms. The Kier molecular flexibility index (Phi) is 3.60. The molecule has 1 N–H and O–H groups in total. The highest BCUT2D eigenvalue weighted by molar-refractivity contribution is 5.57. The molecule has 3 aromatic heterocycles. The maximum Gasteiger partial charge on any atom is 0.282 e. The molecule has 0 spiro atoms. The number of pyridine rings is 1. The lowest BCUT2D eigenvalue weighted by Crippen LogP contribution is -2.00. The standard InChI is InChI=1S/C15H15F2N3O/c1-21-14-5-4-11(3-2-10-6-7-18-9-10)13-8-12(15(16)17)19-20(13)14/h4-9,15,18H,2-3H2,1H3. The summed E-state index contributed by atoms with van der Waals surface area (Å²) >= 11 is 0. The Bertz CT molecular complexity index is 735. The van der Waals surface area contributed by atoms with Crippen LogP contribution in [0.2, 0.25) is 0 Å². The average Bonchev–Trinajstić information content (AvgIpc) is 3.13. The summed E-state index contributed by atoms with van der Waals surface area (Å²) in [5.41, 5.74) is 2.58. The molecule has 0 saturated heterocycles. The first-order valence-corrected chi connectivity index (χ1v) is 6.64. The number of halogens is 2. The highest BCUT2D eigenvalue weighted by Gasteiger charge is 2.16. The molecule has 6 heteroatoms. The van der Waals surface area contributed by atoms with Crippen LogP contribution in [0.4, 0.5) is 8.78 Å².